The fraction of sp³-hybridized carbons (Fsp3) is 0.0476. The summed E-state index contributed by atoms with van der Waals surface area (Å²) in [6.45, 7) is 4.69. The molecule has 0 saturated carbocycles. The summed E-state index contributed by atoms with van der Waals surface area (Å²) < 4.78 is 14.0. The zero-order chi connectivity index (χ0) is 43.6. The van der Waals surface area contributed by atoms with Crippen LogP contribution in [0.3, 0.4) is 0 Å². The molecule has 12 rings (SSSR count). The average Bonchev–Trinajstić information content (AvgIpc) is 3.58. The van der Waals surface area contributed by atoms with Gasteiger partial charge >= 0.3 is 0 Å². The Kier molecular flexibility index (Phi) is 9.10. The lowest BCUT2D eigenvalue weighted by Gasteiger charge is -2.28. The number of nitrogens with zero attached hydrogens (tertiary/aromatic N) is 1. The molecule has 11 aromatic carbocycles. The van der Waals surface area contributed by atoms with Crippen molar-refractivity contribution in [3.63, 3.8) is 0 Å². The highest BCUT2D eigenvalue weighted by Gasteiger charge is 2.35. The molecule has 65 heavy (non-hydrogen) atoms. The molecule has 0 aromatic heterocycles. The highest BCUT2D eigenvalue weighted by molar-refractivity contribution is 6.21. The second-order valence-electron chi connectivity index (χ2n) is 17.8. The maximum atomic E-state index is 14.0. The minimum absolute atomic E-state index is 0.109. The summed E-state index contributed by atoms with van der Waals surface area (Å²) in [6, 6.07) is 77.6. The van der Waals surface area contributed by atoms with E-state index >= 15 is 0 Å². The number of halogens is 1. The molecule has 0 fully saturated rings. The number of fused-ring (bicyclic) bond motifs is 7. The summed E-state index contributed by atoms with van der Waals surface area (Å²) in [5.41, 5.74) is 15.4. The Hall–Kier alpha value is -8.07. The third-order valence-corrected chi connectivity index (χ3v) is 13.7. The van der Waals surface area contributed by atoms with Gasteiger partial charge in [0.05, 0.1) is 0 Å². The molecule has 0 spiro atoms. The van der Waals surface area contributed by atoms with Gasteiger partial charge in [0.2, 0.25) is 0 Å². The maximum Gasteiger partial charge on any atom is 0.123 e. The van der Waals surface area contributed by atoms with E-state index in [1.165, 1.54) is 88.8 Å². The molecule has 0 aliphatic heterocycles. The molecule has 2 heteroatoms. The van der Waals surface area contributed by atoms with E-state index in [1.54, 1.807) is 0 Å². The molecule has 11 aromatic rings. The second kappa shape index (κ2) is 15.3. The first-order valence-corrected chi connectivity index (χ1v) is 22.4. The molecular weight excluding hydrogens is 790 g/mol. The van der Waals surface area contributed by atoms with Gasteiger partial charge in [-0.25, -0.2) is 4.39 Å². The Morgan fingerprint density at radius 2 is 0.908 bits per heavy atom. The van der Waals surface area contributed by atoms with Crippen LogP contribution in [0.15, 0.2) is 218 Å². The van der Waals surface area contributed by atoms with Crippen LogP contribution in [0.25, 0.3) is 88.6 Å². The summed E-state index contributed by atoms with van der Waals surface area (Å²) in [5.74, 6) is -0.232. The van der Waals surface area contributed by atoms with Crippen LogP contribution in [-0.2, 0) is 5.41 Å². The first kappa shape index (κ1) is 38.6. The van der Waals surface area contributed by atoms with Gasteiger partial charge in [0.25, 0.3) is 0 Å². The molecule has 0 N–H and O–H groups in total. The van der Waals surface area contributed by atoms with E-state index < -0.39 is 0 Å². The molecule has 0 amide bonds. The van der Waals surface area contributed by atoms with Crippen molar-refractivity contribution in [2.75, 3.05) is 4.90 Å². The lowest BCUT2D eigenvalue weighted by molar-refractivity contribution is 0.628. The molecule has 0 atom stereocenters. The van der Waals surface area contributed by atoms with Crippen molar-refractivity contribution in [3.8, 4) is 33.4 Å². The lowest BCUT2D eigenvalue weighted by atomic mass is 9.82. The highest BCUT2D eigenvalue weighted by Crippen LogP contribution is 2.51. The van der Waals surface area contributed by atoms with Gasteiger partial charge in [-0.05, 0) is 147 Å². The summed E-state index contributed by atoms with van der Waals surface area (Å²) >= 11 is 0. The Balaban J connectivity index is 0.952. The maximum absolute atomic E-state index is 14.0. The first-order chi connectivity index (χ1) is 31.9. The molecule has 0 bridgehead atoms. The third-order valence-electron chi connectivity index (χ3n) is 13.7. The van der Waals surface area contributed by atoms with E-state index in [-0.39, 0.29) is 11.2 Å². The van der Waals surface area contributed by atoms with Crippen LogP contribution >= 0.6 is 0 Å². The topological polar surface area (TPSA) is 3.24 Å². The number of rotatable bonds is 7. The number of hydrogen-bond acceptors (Lipinski definition) is 1. The highest BCUT2D eigenvalue weighted by atomic mass is 19.1. The van der Waals surface area contributed by atoms with Gasteiger partial charge in [0, 0.05) is 22.5 Å². The van der Waals surface area contributed by atoms with Crippen LogP contribution in [0.5, 0.6) is 0 Å². The van der Waals surface area contributed by atoms with Crippen molar-refractivity contribution in [3.05, 3.63) is 246 Å². The van der Waals surface area contributed by atoms with Crippen molar-refractivity contribution in [1.29, 1.82) is 0 Å². The van der Waals surface area contributed by atoms with Crippen molar-refractivity contribution >= 4 is 72.3 Å². The molecular formula is C63H44FN. The SMILES string of the molecule is CC1(C)c2ccccc2-c2ccc(N(c3ccc(/C=C/c4c5ccccc5c(-c5ccc(-c6ccc(F)cc6)c6ccccc56)c5ccccc45)cc3)c3ccc4ccccc4c3)cc21. The zero-order valence-corrected chi connectivity index (χ0v) is 36.3. The van der Waals surface area contributed by atoms with Gasteiger partial charge in [-0.2, -0.15) is 0 Å². The standard InChI is InChI=1S/C63H44FN/c1-63(2)60-22-12-11-19-55(60)56-36-34-48(40-61(56)63)65(47-33-28-42-13-3-4-14-44(42)39-47)46-31-23-41(24-32-46)25-35-54-52-17-7-9-20-57(52)62(58-21-10-8-18-53(54)58)59-38-37-49(43-26-29-45(64)30-27-43)50-15-5-6-16-51(50)59/h3-40H,1-2H3/b35-25+. The minimum atomic E-state index is -0.232. The van der Waals surface area contributed by atoms with E-state index in [0.29, 0.717) is 0 Å². The van der Waals surface area contributed by atoms with Crippen LogP contribution in [0, 0.1) is 5.82 Å². The second-order valence-corrected chi connectivity index (χ2v) is 17.8. The monoisotopic (exact) mass is 833 g/mol. The van der Waals surface area contributed by atoms with Crippen LogP contribution in [0.1, 0.15) is 36.1 Å². The van der Waals surface area contributed by atoms with Crippen LogP contribution in [-0.4, -0.2) is 0 Å². The average molecular weight is 834 g/mol. The van der Waals surface area contributed by atoms with Crippen LogP contribution < -0.4 is 4.90 Å². The summed E-state index contributed by atoms with van der Waals surface area (Å²) in [7, 11) is 0. The number of hydrogen-bond donors (Lipinski definition) is 0. The summed E-state index contributed by atoms with van der Waals surface area (Å²) in [5, 5.41) is 9.55. The van der Waals surface area contributed by atoms with Crippen molar-refractivity contribution in [1.82, 2.24) is 0 Å². The Morgan fingerprint density at radius 1 is 0.385 bits per heavy atom. The van der Waals surface area contributed by atoms with E-state index in [9.17, 15) is 4.39 Å². The number of anilines is 3. The molecule has 1 nitrogen and oxygen atoms in total. The predicted octanol–water partition coefficient (Wildman–Crippen LogP) is 17.7. The van der Waals surface area contributed by atoms with Crippen molar-refractivity contribution in [2.24, 2.45) is 0 Å². The van der Waals surface area contributed by atoms with Gasteiger partial charge in [0.1, 0.15) is 5.82 Å². The van der Waals surface area contributed by atoms with Gasteiger partial charge in [0.15, 0.2) is 0 Å². The lowest BCUT2D eigenvalue weighted by Crippen LogP contribution is -2.16. The quantitative estimate of drug-likeness (QED) is 0.114. The molecule has 1 aliphatic carbocycles. The Morgan fingerprint density at radius 3 is 1.63 bits per heavy atom. The zero-order valence-electron chi connectivity index (χ0n) is 36.3. The summed E-state index contributed by atoms with van der Waals surface area (Å²) in [6.07, 6.45) is 4.54. The molecule has 308 valence electrons. The molecule has 0 heterocycles. The molecule has 0 saturated heterocycles. The van der Waals surface area contributed by atoms with Gasteiger partial charge in [-0.15, -0.1) is 0 Å². The fourth-order valence-corrected chi connectivity index (χ4v) is 10.5. The molecule has 1 aliphatic rings. The normalized spacial score (nSPS) is 12.9. The molecule has 0 unspecified atom stereocenters. The van der Waals surface area contributed by atoms with Gasteiger partial charge in [-0.3, -0.25) is 0 Å². The Bertz CT molecular complexity index is 3630. The minimum Gasteiger partial charge on any atom is -0.310 e. The van der Waals surface area contributed by atoms with Gasteiger partial charge < -0.3 is 4.90 Å². The summed E-state index contributed by atoms with van der Waals surface area (Å²) in [4.78, 5) is 2.40. The van der Waals surface area contributed by atoms with E-state index in [4.69, 9.17) is 0 Å². The molecule has 0 radical (unpaired) electrons. The predicted molar refractivity (Wildman–Crippen MR) is 275 cm³/mol. The Labute approximate surface area is 379 Å². The first-order valence-electron chi connectivity index (χ1n) is 22.4. The smallest absolute Gasteiger partial charge is 0.123 e. The van der Waals surface area contributed by atoms with Gasteiger partial charge in [-0.1, -0.05) is 196 Å². The van der Waals surface area contributed by atoms with E-state index in [0.717, 1.165) is 39.1 Å². The van der Waals surface area contributed by atoms with E-state index in [1.807, 2.05) is 12.1 Å². The van der Waals surface area contributed by atoms with Crippen molar-refractivity contribution < 1.29 is 4.39 Å². The number of benzene rings is 11. The van der Waals surface area contributed by atoms with E-state index in [2.05, 4.69) is 225 Å². The third kappa shape index (κ3) is 6.44. The van der Waals surface area contributed by atoms with Crippen LogP contribution in [0.2, 0.25) is 0 Å². The van der Waals surface area contributed by atoms with Crippen molar-refractivity contribution in [2.45, 2.75) is 19.3 Å². The fourth-order valence-electron chi connectivity index (χ4n) is 10.5. The van der Waals surface area contributed by atoms with Crippen LogP contribution in [0.4, 0.5) is 21.5 Å². The largest absolute Gasteiger partial charge is 0.310 e.